The predicted octanol–water partition coefficient (Wildman–Crippen LogP) is -0.196. The third kappa shape index (κ3) is 2.92. The minimum atomic E-state index is -0.00231. The first kappa shape index (κ1) is 11.9. The van der Waals surface area contributed by atoms with Gasteiger partial charge in [-0.05, 0) is 20.8 Å². The summed E-state index contributed by atoms with van der Waals surface area (Å²) in [4.78, 5) is 2.23. The molecule has 0 saturated carbocycles. The van der Waals surface area contributed by atoms with Crippen LogP contribution in [0.15, 0.2) is 0 Å². The van der Waals surface area contributed by atoms with Crippen LogP contribution >= 0.6 is 0 Å². The quantitative estimate of drug-likeness (QED) is 0.665. The second kappa shape index (κ2) is 5.07. The number of ether oxygens (including phenoxy) is 1. The van der Waals surface area contributed by atoms with Gasteiger partial charge in [0.2, 0.25) is 0 Å². The second-order valence-corrected chi connectivity index (χ2v) is 4.32. The molecule has 1 aliphatic rings. The van der Waals surface area contributed by atoms with Gasteiger partial charge in [0.25, 0.3) is 0 Å². The van der Waals surface area contributed by atoms with Gasteiger partial charge < -0.3 is 15.6 Å². The van der Waals surface area contributed by atoms with Crippen LogP contribution in [0.5, 0.6) is 0 Å². The molecule has 1 rings (SSSR count). The summed E-state index contributed by atoms with van der Waals surface area (Å²) in [5.41, 5.74) is 5.83. The van der Waals surface area contributed by atoms with Crippen molar-refractivity contribution >= 4 is 0 Å². The highest BCUT2D eigenvalue weighted by atomic mass is 16.5. The average Bonchev–Trinajstić information content (AvgIpc) is 2.02. The number of nitrogens with two attached hydrogens (primary N) is 1. The van der Waals surface area contributed by atoms with Crippen LogP contribution in [0.25, 0.3) is 0 Å². The highest BCUT2D eigenvalue weighted by molar-refractivity contribution is 4.84. The highest BCUT2D eigenvalue weighted by Crippen LogP contribution is 2.14. The zero-order chi connectivity index (χ0) is 10.7. The first-order chi connectivity index (χ1) is 6.54. The van der Waals surface area contributed by atoms with E-state index in [9.17, 15) is 5.11 Å². The lowest BCUT2D eigenvalue weighted by atomic mass is 10.1. The van der Waals surface area contributed by atoms with E-state index in [2.05, 4.69) is 18.7 Å². The minimum absolute atomic E-state index is 0.00231. The zero-order valence-electron chi connectivity index (χ0n) is 9.31. The molecule has 4 heteroatoms. The van der Waals surface area contributed by atoms with E-state index in [4.69, 9.17) is 10.5 Å². The molecular formula is C10H22N2O2. The Morgan fingerprint density at radius 1 is 1.43 bits per heavy atom. The third-order valence-corrected chi connectivity index (χ3v) is 2.71. The van der Waals surface area contributed by atoms with Crippen molar-refractivity contribution in [1.29, 1.82) is 0 Å². The molecule has 84 valence electrons. The molecule has 1 saturated heterocycles. The number of aliphatic hydroxyl groups excluding tert-OH is 1. The summed E-state index contributed by atoms with van der Waals surface area (Å²) in [6.45, 7) is 7.88. The van der Waals surface area contributed by atoms with Gasteiger partial charge >= 0.3 is 0 Å². The van der Waals surface area contributed by atoms with E-state index in [1.54, 1.807) is 0 Å². The Labute approximate surface area is 86.0 Å². The van der Waals surface area contributed by atoms with Gasteiger partial charge in [0, 0.05) is 25.2 Å². The molecule has 0 amide bonds. The van der Waals surface area contributed by atoms with Crippen LogP contribution in [0.3, 0.4) is 0 Å². The third-order valence-electron chi connectivity index (χ3n) is 2.71. The number of nitrogens with zero attached hydrogens (tertiary/aromatic N) is 1. The van der Waals surface area contributed by atoms with Gasteiger partial charge in [0.15, 0.2) is 0 Å². The maximum Gasteiger partial charge on any atom is 0.0678 e. The summed E-state index contributed by atoms with van der Waals surface area (Å²) in [6, 6.07) is 0.0568. The number of aliphatic hydroxyl groups is 1. The van der Waals surface area contributed by atoms with Gasteiger partial charge in [-0.1, -0.05) is 0 Å². The molecule has 4 unspecified atom stereocenters. The van der Waals surface area contributed by atoms with Crippen molar-refractivity contribution in [3.05, 3.63) is 0 Å². The van der Waals surface area contributed by atoms with E-state index in [-0.39, 0.29) is 30.9 Å². The Hall–Kier alpha value is -0.160. The van der Waals surface area contributed by atoms with Gasteiger partial charge in [-0.2, -0.15) is 0 Å². The summed E-state index contributed by atoms with van der Waals surface area (Å²) in [5.74, 6) is 0. The van der Waals surface area contributed by atoms with E-state index >= 15 is 0 Å². The Bertz CT molecular complexity index is 166. The van der Waals surface area contributed by atoms with Crippen molar-refractivity contribution in [3.63, 3.8) is 0 Å². The molecule has 0 aliphatic carbocycles. The van der Waals surface area contributed by atoms with E-state index < -0.39 is 0 Å². The Morgan fingerprint density at radius 3 is 2.29 bits per heavy atom. The maximum atomic E-state index is 9.26. The van der Waals surface area contributed by atoms with Crippen molar-refractivity contribution in [2.75, 3.05) is 19.7 Å². The molecule has 0 aromatic carbocycles. The Kier molecular flexibility index (Phi) is 4.31. The van der Waals surface area contributed by atoms with Crippen LogP contribution in [-0.2, 0) is 4.74 Å². The summed E-state index contributed by atoms with van der Waals surface area (Å²) >= 11 is 0. The smallest absolute Gasteiger partial charge is 0.0678 e. The van der Waals surface area contributed by atoms with Gasteiger partial charge in [0.1, 0.15) is 0 Å². The first-order valence-corrected chi connectivity index (χ1v) is 5.30. The molecular weight excluding hydrogens is 180 g/mol. The van der Waals surface area contributed by atoms with Crippen LogP contribution < -0.4 is 5.73 Å². The van der Waals surface area contributed by atoms with E-state index in [0.717, 1.165) is 13.1 Å². The molecule has 0 aromatic rings. The lowest BCUT2D eigenvalue weighted by Gasteiger charge is -2.40. The molecule has 1 heterocycles. The molecule has 3 N–H and O–H groups in total. The Morgan fingerprint density at radius 2 is 1.93 bits per heavy atom. The van der Waals surface area contributed by atoms with Crippen molar-refractivity contribution in [3.8, 4) is 0 Å². The van der Waals surface area contributed by atoms with Gasteiger partial charge in [-0.3, -0.25) is 4.90 Å². The SMILES string of the molecule is CC1CN(C(CO)C(C)N)CC(C)O1. The lowest BCUT2D eigenvalue weighted by Crippen LogP contribution is -2.56. The summed E-state index contributed by atoms with van der Waals surface area (Å²) in [5, 5.41) is 9.26. The number of rotatable bonds is 3. The minimum Gasteiger partial charge on any atom is -0.395 e. The van der Waals surface area contributed by atoms with Crippen molar-refractivity contribution in [1.82, 2.24) is 4.90 Å². The van der Waals surface area contributed by atoms with E-state index in [1.807, 2.05) is 6.92 Å². The number of morpholine rings is 1. The molecule has 0 bridgehead atoms. The summed E-state index contributed by atoms with van der Waals surface area (Å²) in [7, 11) is 0. The monoisotopic (exact) mass is 202 g/mol. The van der Waals surface area contributed by atoms with Crippen molar-refractivity contribution < 1.29 is 9.84 Å². The van der Waals surface area contributed by atoms with Crippen LogP contribution in [0, 0.1) is 0 Å². The molecule has 0 radical (unpaired) electrons. The molecule has 4 atom stereocenters. The summed E-state index contributed by atoms with van der Waals surface area (Å²) < 4.78 is 5.63. The standard InChI is InChI=1S/C10H22N2O2/c1-7-4-12(5-8(2)14-7)10(6-13)9(3)11/h7-10,13H,4-6,11H2,1-3H3. The second-order valence-electron chi connectivity index (χ2n) is 4.32. The largest absolute Gasteiger partial charge is 0.395 e. The number of hydrogen-bond acceptors (Lipinski definition) is 4. The first-order valence-electron chi connectivity index (χ1n) is 5.30. The van der Waals surface area contributed by atoms with E-state index in [0.29, 0.717) is 0 Å². The van der Waals surface area contributed by atoms with Crippen LogP contribution in [-0.4, -0.2) is 54.0 Å². The zero-order valence-corrected chi connectivity index (χ0v) is 9.31. The summed E-state index contributed by atoms with van der Waals surface area (Å²) in [6.07, 6.45) is 0.457. The predicted molar refractivity (Wildman–Crippen MR) is 56.1 cm³/mol. The molecule has 1 fully saturated rings. The fraction of sp³-hybridized carbons (Fsp3) is 1.00. The lowest BCUT2D eigenvalue weighted by molar-refractivity contribution is -0.0878. The van der Waals surface area contributed by atoms with Crippen LogP contribution in [0.2, 0.25) is 0 Å². The Balaban J connectivity index is 2.56. The highest BCUT2D eigenvalue weighted by Gasteiger charge is 2.29. The molecule has 0 aromatic heterocycles. The van der Waals surface area contributed by atoms with Gasteiger partial charge in [0.05, 0.1) is 18.8 Å². The van der Waals surface area contributed by atoms with Gasteiger partial charge in [-0.25, -0.2) is 0 Å². The molecule has 0 spiro atoms. The molecule has 14 heavy (non-hydrogen) atoms. The normalized spacial score (nSPS) is 34.1. The van der Waals surface area contributed by atoms with Crippen LogP contribution in [0.4, 0.5) is 0 Å². The molecule has 1 aliphatic heterocycles. The van der Waals surface area contributed by atoms with Crippen molar-refractivity contribution in [2.45, 2.75) is 45.1 Å². The molecule has 4 nitrogen and oxygen atoms in total. The maximum absolute atomic E-state index is 9.26. The van der Waals surface area contributed by atoms with E-state index in [1.165, 1.54) is 0 Å². The topological polar surface area (TPSA) is 58.7 Å². The fourth-order valence-corrected chi connectivity index (χ4v) is 2.10. The average molecular weight is 202 g/mol. The van der Waals surface area contributed by atoms with Crippen molar-refractivity contribution in [2.24, 2.45) is 5.73 Å². The van der Waals surface area contributed by atoms with Gasteiger partial charge in [-0.15, -0.1) is 0 Å². The van der Waals surface area contributed by atoms with Crippen LogP contribution in [0.1, 0.15) is 20.8 Å². The fourth-order valence-electron chi connectivity index (χ4n) is 2.10. The number of hydrogen-bond donors (Lipinski definition) is 2.